The van der Waals surface area contributed by atoms with Gasteiger partial charge in [-0.1, -0.05) is 18.2 Å². The molecule has 4 rings (SSSR count). The van der Waals surface area contributed by atoms with Crippen molar-refractivity contribution in [2.75, 3.05) is 26.7 Å². The van der Waals surface area contributed by atoms with Crippen molar-refractivity contribution in [2.24, 2.45) is 0 Å². The van der Waals surface area contributed by atoms with Gasteiger partial charge in [-0.2, -0.15) is 0 Å². The zero-order valence-electron chi connectivity index (χ0n) is 18.2. The third-order valence-electron chi connectivity index (χ3n) is 6.14. The quantitative estimate of drug-likeness (QED) is 0.536. The summed E-state index contributed by atoms with van der Waals surface area (Å²) in [5.74, 6) is 0.800. The Balaban J connectivity index is 1.42. The van der Waals surface area contributed by atoms with E-state index in [-0.39, 0.29) is 18.5 Å². The van der Waals surface area contributed by atoms with Crippen LogP contribution in [-0.2, 0) is 11.2 Å². The van der Waals surface area contributed by atoms with Gasteiger partial charge in [0.25, 0.3) is 6.43 Å². The van der Waals surface area contributed by atoms with Crippen LogP contribution in [0.3, 0.4) is 0 Å². The lowest BCUT2D eigenvalue weighted by molar-refractivity contribution is -0.122. The lowest BCUT2D eigenvalue weighted by Crippen LogP contribution is -2.45. The Morgan fingerprint density at radius 2 is 1.88 bits per heavy atom. The number of benzene rings is 2. The Bertz CT molecular complexity index is 1040. The third kappa shape index (κ3) is 5.27. The minimum absolute atomic E-state index is 0.00303. The zero-order chi connectivity index (χ0) is 22.5. The van der Waals surface area contributed by atoms with Crippen LogP contribution in [-0.4, -0.2) is 55.0 Å². The highest BCUT2D eigenvalue weighted by molar-refractivity contribution is 5.91. The van der Waals surface area contributed by atoms with Crippen LogP contribution < -0.4 is 10.1 Å². The second kappa shape index (κ2) is 10.1. The maximum Gasteiger partial charge on any atom is 0.251 e. The van der Waals surface area contributed by atoms with Crippen molar-refractivity contribution < 1.29 is 18.3 Å². The number of ether oxygens (including phenoxy) is 1. The van der Waals surface area contributed by atoms with Gasteiger partial charge >= 0.3 is 0 Å². The number of hydrogen-bond acceptors (Lipinski definition) is 3. The highest BCUT2D eigenvalue weighted by Crippen LogP contribution is 2.32. The van der Waals surface area contributed by atoms with Crippen molar-refractivity contribution in [2.45, 2.75) is 38.2 Å². The average molecular weight is 442 g/mol. The highest BCUT2D eigenvalue weighted by Gasteiger charge is 2.23. The lowest BCUT2D eigenvalue weighted by Gasteiger charge is -2.32. The number of nitrogens with zero attached hydrogens (tertiary/aromatic N) is 1. The topological polar surface area (TPSA) is 57.4 Å². The number of carbonyl (C=O) groups excluding carboxylic acids is 1. The van der Waals surface area contributed by atoms with Crippen LogP contribution in [0.25, 0.3) is 22.2 Å². The lowest BCUT2D eigenvalue weighted by atomic mass is 10.00. The molecule has 5 nitrogen and oxygen atoms in total. The normalized spacial score (nSPS) is 15.4. The fourth-order valence-corrected chi connectivity index (χ4v) is 4.46. The fraction of sp³-hybridized carbons (Fsp3) is 0.400. The molecule has 0 bridgehead atoms. The number of piperidine rings is 1. The smallest absolute Gasteiger partial charge is 0.251 e. The van der Waals surface area contributed by atoms with E-state index >= 15 is 0 Å². The standard InChI is InChI=1S/C25H29F2N3O2/c1-32-19-8-6-17(7-9-19)25-21(20-4-2-3-5-22(20)29-25)10-11-24(31)28-18-12-14-30(15-13-18)16-23(26)27/h2-9,18,23,29H,10-16H2,1H3,(H,28,31). The van der Waals surface area contributed by atoms with Crippen molar-refractivity contribution in [1.29, 1.82) is 0 Å². The van der Waals surface area contributed by atoms with Crippen LogP contribution in [0.1, 0.15) is 24.8 Å². The molecular weight excluding hydrogens is 412 g/mol. The van der Waals surface area contributed by atoms with E-state index < -0.39 is 6.43 Å². The van der Waals surface area contributed by atoms with Gasteiger partial charge in [0.2, 0.25) is 5.91 Å². The molecule has 0 radical (unpaired) electrons. The average Bonchev–Trinajstić information content (AvgIpc) is 3.17. The number of halogens is 2. The summed E-state index contributed by atoms with van der Waals surface area (Å²) in [5.41, 5.74) is 4.22. The second-order valence-corrected chi connectivity index (χ2v) is 8.29. The molecule has 0 spiro atoms. The predicted octanol–water partition coefficient (Wildman–Crippen LogP) is 4.62. The number of para-hydroxylation sites is 1. The van der Waals surface area contributed by atoms with Gasteiger partial charge in [-0.25, -0.2) is 8.78 Å². The Labute approximate surface area is 186 Å². The summed E-state index contributed by atoms with van der Waals surface area (Å²) in [5, 5.41) is 4.21. The van der Waals surface area contributed by atoms with Crippen molar-refractivity contribution >= 4 is 16.8 Å². The van der Waals surface area contributed by atoms with Crippen LogP contribution in [0.4, 0.5) is 8.78 Å². The van der Waals surface area contributed by atoms with Gasteiger partial charge in [0.1, 0.15) is 5.75 Å². The molecule has 2 N–H and O–H groups in total. The van der Waals surface area contributed by atoms with E-state index in [4.69, 9.17) is 4.74 Å². The molecule has 1 aliphatic rings. The second-order valence-electron chi connectivity index (χ2n) is 8.29. The Kier molecular flexibility index (Phi) is 7.05. The Hall–Kier alpha value is -2.93. The molecule has 1 saturated heterocycles. The van der Waals surface area contributed by atoms with Crippen LogP contribution in [0.15, 0.2) is 48.5 Å². The number of likely N-dealkylation sites (tertiary alicyclic amines) is 1. The molecule has 1 amide bonds. The minimum atomic E-state index is -2.31. The van der Waals surface area contributed by atoms with E-state index in [1.807, 2.05) is 42.5 Å². The van der Waals surface area contributed by atoms with Gasteiger partial charge in [-0.15, -0.1) is 0 Å². The van der Waals surface area contributed by atoms with Crippen LogP contribution >= 0.6 is 0 Å². The molecule has 1 fully saturated rings. The van der Waals surface area contributed by atoms with E-state index in [0.29, 0.717) is 38.8 Å². The molecule has 1 aliphatic heterocycles. The van der Waals surface area contributed by atoms with Crippen molar-refractivity contribution in [3.63, 3.8) is 0 Å². The van der Waals surface area contributed by atoms with Gasteiger partial charge < -0.3 is 15.0 Å². The van der Waals surface area contributed by atoms with Crippen molar-refractivity contribution in [3.05, 3.63) is 54.1 Å². The molecule has 0 aliphatic carbocycles. The van der Waals surface area contributed by atoms with Gasteiger partial charge in [0.15, 0.2) is 0 Å². The SMILES string of the molecule is COc1ccc(-c2[nH]c3ccccc3c2CCC(=O)NC2CCN(CC(F)F)CC2)cc1. The summed E-state index contributed by atoms with van der Waals surface area (Å²) in [6.07, 6.45) is 0.104. The number of aromatic nitrogens is 1. The first kappa shape index (κ1) is 22.3. The molecule has 0 unspecified atom stereocenters. The monoisotopic (exact) mass is 441 g/mol. The van der Waals surface area contributed by atoms with E-state index in [0.717, 1.165) is 33.5 Å². The van der Waals surface area contributed by atoms with Gasteiger partial charge in [0, 0.05) is 42.1 Å². The number of aromatic amines is 1. The van der Waals surface area contributed by atoms with Gasteiger partial charge in [-0.3, -0.25) is 9.69 Å². The van der Waals surface area contributed by atoms with Crippen molar-refractivity contribution in [3.8, 4) is 17.0 Å². The molecule has 7 heteroatoms. The fourth-order valence-electron chi connectivity index (χ4n) is 4.46. The zero-order valence-corrected chi connectivity index (χ0v) is 18.2. The number of carbonyl (C=O) groups is 1. The summed E-state index contributed by atoms with van der Waals surface area (Å²) < 4.78 is 30.4. The predicted molar refractivity (Wildman–Crippen MR) is 122 cm³/mol. The number of amides is 1. The minimum Gasteiger partial charge on any atom is -0.497 e. The molecule has 0 atom stereocenters. The van der Waals surface area contributed by atoms with E-state index in [9.17, 15) is 13.6 Å². The number of methoxy groups -OCH3 is 1. The van der Waals surface area contributed by atoms with E-state index in [2.05, 4.69) is 16.4 Å². The molecular formula is C25H29F2N3O2. The summed E-state index contributed by atoms with van der Waals surface area (Å²) in [7, 11) is 1.64. The molecule has 32 heavy (non-hydrogen) atoms. The van der Waals surface area contributed by atoms with E-state index in [1.54, 1.807) is 12.0 Å². The van der Waals surface area contributed by atoms with Gasteiger partial charge in [0.05, 0.1) is 13.7 Å². The third-order valence-corrected chi connectivity index (χ3v) is 6.14. The number of rotatable bonds is 8. The largest absolute Gasteiger partial charge is 0.497 e. The summed E-state index contributed by atoms with van der Waals surface area (Å²) in [6, 6.07) is 16.1. The van der Waals surface area contributed by atoms with E-state index in [1.165, 1.54) is 0 Å². The molecule has 2 heterocycles. The molecule has 2 aromatic carbocycles. The molecule has 170 valence electrons. The number of H-pyrrole nitrogens is 1. The number of nitrogens with one attached hydrogen (secondary N) is 2. The number of alkyl halides is 2. The summed E-state index contributed by atoms with van der Waals surface area (Å²) in [4.78, 5) is 17.9. The summed E-state index contributed by atoms with van der Waals surface area (Å²) >= 11 is 0. The Morgan fingerprint density at radius 1 is 1.16 bits per heavy atom. The van der Waals surface area contributed by atoms with Crippen LogP contribution in [0.5, 0.6) is 5.75 Å². The number of aryl methyl sites for hydroxylation is 1. The van der Waals surface area contributed by atoms with Crippen molar-refractivity contribution in [1.82, 2.24) is 15.2 Å². The maximum atomic E-state index is 12.7. The maximum absolute atomic E-state index is 12.7. The highest BCUT2D eigenvalue weighted by atomic mass is 19.3. The number of hydrogen-bond donors (Lipinski definition) is 2. The number of fused-ring (bicyclic) bond motifs is 1. The molecule has 3 aromatic rings. The Morgan fingerprint density at radius 3 is 2.56 bits per heavy atom. The molecule has 0 saturated carbocycles. The molecule has 1 aromatic heterocycles. The first-order chi connectivity index (χ1) is 15.5. The first-order valence-corrected chi connectivity index (χ1v) is 11.1. The van der Waals surface area contributed by atoms with Crippen LogP contribution in [0.2, 0.25) is 0 Å². The van der Waals surface area contributed by atoms with Gasteiger partial charge in [-0.05, 0) is 60.7 Å². The first-order valence-electron chi connectivity index (χ1n) is 11.1. The summed E-state index contributed by atoms with van der Waals surface area (Å²) in [6.45, 7) is 1.01. The van der Waals surface area contributed by atoms with Crippen LogP contribution in [0, 0.1) is 0 Å².